The first-order chi connectivity index (χ1) is 6.38. The van der Waals surface area contributed by atoms with E-state index >= 15 is 0 Å². The van der Waals surface area contributed by atoms with E-state index in [-0.39, 0.29) is 0 Å². The summed E-state index contributed by atoms with van der Waals surface area (Å²) >= 11 is 1.86. The summed E-state index contributed by atoms with van der Waals surface area (Å²) in [6, 6.07) is 8.32. The van der Waals surface area contributed by atoms with Crippen LogP contribution in [0.15, 0.2) is 30.8 Å². The lowest BCUT2D eigenvalue weighted by Crippen LogP contribution is -2.01. The first-order valence-electron chi connectivity index (χ1n) is 4.36. The largest absolute Gasteiger partial charge is 0.330 e. The second kappa shape index (κ2) is 5.84. The standard InChI is InChI=1S/C11H15NS/c1-2-10-5-3-4-6-11(10)9-13-8-7-12/h2-6H,1,7-9,12H2. The molecule has 0 unspecified atom stereocenters. The van der Waals surface area contributed by atoms with E-state index in [1.807, 2.05) is 23.9 Å². The molecule has 0 saturated heterocycles. The smallest absolute Gasteiger partial charge is 0.0190 e. The van der Waals surface area contributed by atoms with Crippen molar-refractivity contribution in [2.24, 2.45) is 5.73 Å². The lowest BCUT2D eigenvalue weighted by Gasteiger charge is -2.04. The molecule has 0 aliphatic rings. The van der Waals surface area contributed by atoms with Crippen LogP contribution in [0.25, 0.3) is 6.08 Å². The van der Waals surface area contributed by atoms with Gasteiger partial charge in [0.2, 0.25) is 0 Å². The van der Waals surface area contributed by atoms with Crippen molar-refractivity contribution in [3.05, 3.63) is 42.0 Å². The lowest BCUT2D eigenvalue weighted by atomic mass is 10.1. The van der Waals surface area contributed by atoms with Crippen molar-refractivity contribution in [1.29, 1.82) is 0 Å². The van der Waals surface area contributed by atoms with Gasteiger partial charge in [0.05, 0.1) is 0 Å². The van der Waals surface area contributed by atoms with E-state index in [0.29, 0.717) is 0 Å². The maximum atomic E-state index is 5.42. The summed E-state index contributed by atoms with van der Waals surface area (Å²) in [5.41, 5.74) is 7.99. The highest BCUT2D eigenvalue weighted by Gasteiger charge is 1.96. The number of rotatable bonds is 5. The second-order valence-corrected chi connectivity index (χ2v) is 3.85. The Kier molecular flexibility index (Phi) is 4.65. The van der Waals surface area contributed by atoms with Crippen molar-refractivity contribution in [2.75, 3.05) is 12.3 Å². The van der Waals surface area contributed by atoms with Gasteiger partial charge in [-0.1, -0.05) is 36.9 Å². The fourth-order valence-electron chi connectivity index (χ4n) is 1.13. The molecule has 0 bridgehead atoms. The van der Waals surface area contributed by atoms with E-state index in [0.717, 1.165) is 18.1 Å². The molecule has 0 radical (unpaired) electrons. The first kappa shape index (κ1) is 10.4. The third kappa shape index (κ3) is 3.25. The van der Waals surface area contributed by atoms with Gasteiger partial charge in [0.15, 0.2) is 0 Å². The molecule has 0 saturated carbocycles. The summed E-state index contributed by atoms with van der Waals surface area (Å²) in [5.74, 6) is 2.05. The number of thioether (sulfide) groups is 1. The van der Waals surface area contributed by atoms with Gasteiger partial charge in [-0.3, -0.25) is 0 Å². The van der Waals surface area contributed by atoms with Crippen LogP contribution in [-0.2, 0) is 5.75 Å². The summed E-state index contributed by atoms with van der Waals surface area (Å²) < 4.78 is 0. The zero-order chi connectivity index (χ0) is 9.52. The van der Waals surface area contributed by atoms with Gasteiger partial charge >= 0.3 is 0 Å². The molecule has 70 valence electrons. The van der Waals surface area contributed by atoms with E-state index in [9.17, 15) is 0 Å². The molecule has 13 heavy (non-hydrogen) atoms. The van der Waals surface area contributed by atoms with E-state index in [1.165, 1.54) is 11.1 Å². The Morgan fingerprint density at radius 3 is 2.85 bits per heavy atom. The highest BCUT2D eigenvalue weighted by atomic mass is 32.2. The summed E-state index contributed by atoms with van der Waals surface area (Å²) in [6.07, 6.45) is 1.90. The fourth-order valence-corrected chi connectivity index (χ4v) is 1.92. The molecule has 0 amide bonds. The van der Waals surface area contributed by atoms with Gasteiger partial charge in [0, 0.05) is 18.1 Å². The van der Waals surface area contributed by atoms with Gasteiger partial charge in [-0.05, 0) is 11.1 Å². The van der Waals surface area contributed by atoms with Crippen LogP contribution in [0.3, 0.4) is 0 Å². The van der Waals surface area contributed by atoms with Crippen LogP contribution < -0.4 is 5.73 Å². The average molecular weight is 193 g/mol. The van der Waals surface area contributed by atoms with Crippen LogP contribution in [0.1, 0.15) is 11.1 Å². The maximum absolute atomic E-state index is 5.42. The predicted octanol–water partition coefficient (Wildman–Crippen LogP) is 2.52. The van der Waals surface area contributed by atoms with Crippen molar-refractivity contribution < 1.29 is 0 Å². The van der Waals surface area contributed by atoms with Crippen LogP contribution in [-0.4, -0.2) is 12.3 Å². The minimum atomic E-state index is 0.751. The third-order valence-corrected chi connectivity index (χ3v) is 2.83. The SMILES string of the molecule is C=Cc1ccccc1CSCCN. The number of nitrogens with two attached hydrogens (primary N) is 1. The Bertz CT molecular complexity index is 271. The minimum Gasteiger partial charge on any atom is -0.330 e. The van der Waals surface area contributed by atoms with Crippen molar-refractivity contribution in [1.82, 2.24) is 0 Å². The highest BCUT2D eigenvalue weighted by molar-refractivity contribution is 7.98. The van der Waals surface area contributed by atoms with Crippen LogP contribution in [0, 0.1) is 0 Å². The Morgan fingerprint density at radius 2 is 2.15 bits per heavy atom. The summed E-state index contributed by atoms with van der Waals surface area (Å²) in [5, 5.41) is 0. The summed E-state index contributed by atoms with van der Waals surface area (Å²) in [6.45, 7) is 4.54. The molecule has 1 aromatic carbocycles. The molecule has 1 rings (SSSR count). The van der Waals surface area contributed by atoms with Gasteiger partial charge in [0.1, 0.15) is 0 Å². The van der Waals surface area contributed by atoms with Gasteiger partial charge in [0.25, 0.3) is 0 Å². The molecule has 1 aromatic rings. The topological polar surface area (TPSA) is 26.0 Å². The molecule has 0 spiro atoms. The quantitative estimate of drug-likeness (QED) is 0.727. The zero-order valence-electron chi connectivity index (χ0n) is 7.70. The molecule has 0 aliphatic carbocycles. The monoisotopic (exact) mass is 193 g/mol. The second-order valence-electron chi connectivity index (χ2n) is 2.74. The molecule has 2 N–H and O–H groups in total. The molecule has 1 nitrogen and oxygen atoms in total. The van der Waals surface area contributed by atoms with Gasteiger partial charge in [-0.15, -0.1) is 0 Å². The Balaban J connectivity index is 2.59. The van der Waals surface area contributed by atoms with Gasteiger partial charge in [-0.25, -0.2) is 0 Å². The number of hydrogen-bond donors (Lipinski definition) is 1. The molecule has 0 aliphatic heterocycles. The Hall–Kier alpha value is -0.730. The van der Waals surface area contributed by atoms with Crippen molar-refractivity contribution in [3.63, 3.8) is 0 Å². The predicted molar refractivity (Wildman–Crippen MR) is 61.7 cm³/mol. The molecule has 0 fully saturated rings. The van der Waals surface area contributed by atoms with E-state index in [1.54, 1.807) is 0 Å². The van der Waals surface area contributed by atoms with E-state index in [2.05, 4.69) is 24.8 Å². The van der Waals surface area contributed by atoms with Gasteiger partial charge in [-0.2, -0.15) is 11.8 Å². The highest BCUT2D eigenvalue weighted by Crippen LogP contribution is 2.16. The molecule has 0 heterocycles. The third-order valence-electron chi connectivity index (χ3n) is 1.79. The van der Waals surface area contributed by atoms with Crippen LogP contribution >= 0.6 is 11.8 Å². The van der Waals surface area contributed by atoms with Crippen LogP contribution in [0.4, 0.5) is 0 Å². The van der Waals surface area contributed by atoms with Crippen molar-refractivity contribution >= 4 is 17.8 Å². The summed E-state index contributed by atoms with van der Waals surface area (Å²) in [4.78, 5) is 0. The fraction of sp³-hybridized carbons (Fsp3) is 0.273. The maximum Gasteiger partial charge on any atom is 0.0190 e. The minimum absolute atomic E-state index is 0.751. The molecule has 0 atom stereocenters. The van der Waals surface area contributed by atoms with E-state index in [4.69, 9.17) is 5.73 Å². The molecular weight excluding hydrogens is 178 g/mol. The first-order valence-corrected chi connectivity index (χ1v) is 5.52. The lowest BCUT2D eigenvalue weighted by molar-refractivity contribution is 1.15. The normalized spacial score (nSPS) is 9.92. The Labute approximate surface area is 84.0 Å². The van der Waals surface area contributed by atoms with E-state index < -0.39 is 0 Å². The van der Waals surface area contributed by atoms with Crippen LogP contribution in [0.5, 0.6) is 0 Å². The molecular formula is C11H15NS. The van der Waals surface area contributed by atoms with Crippen molar-refractivity contribution in [2.45, 2.75) is 5.75 Å². The van der Waals surface area contributed by atoms with Crippen LogP contribution in [0.2, 0.25) is 0 Å². The van der Waals surface area contributed by atoms with Gasteiger partial charge < -0.3 is 5.73 Å². The summed E-state index contributed by atoms with van der Waals surface area (Å²) in [7, 11) is 0. The zero-order valence-corrected chi connectivity index (χ0v) is 8.52. The number of benzene rings is 1. The molecule has 0 aromatic heterocycles. The number of hydrogen-bond acceptors (Lipinski definition) is 2. The average Bonchev–Trinajstić information content (AvgIpc) is 2.19. The van der Waals surface area contributed by atoms with Crippen molar-refractivity contribution in [3.8, 4) is 0 Å². The Morgan fingerprint density at radius 1 is 1.38 bits per heavy atom. The molecule has 2 heteroatoms.